The van der Waals surface area contributed by atoms with E-state index < -0.39 is 5.41 Å². The molecule has 2 fully saturated rings. The summed E-state index contributed by atoms with van der Waals surface area (Å²) in [6, 6.07) is 54.6. The van der Waals surface area contributed by atoms with Crippen LogP contribution in [0.15, 0.2) is 146 Å². The van der Waals surface area contributed by atoms with Crippen molar-refractivity contribution in [2.75, 3.05) is 18.1 Å². The molecule has 2 aliphatic heterocycles. The molecule has 4 heteroatoms. The third kappa shape index (κ3) is 4.73. The minimum absolute atomic E-state index is 0.269. The number of hydrogen-bond donors (Lipinski definition) is 0. The van der Waals surface area contributed by atoms with E-state index in [1.807, 2.05) is 23.5 Å². The van der Waals surface area contributed by atoms with Gasteiger partial charge in [-0.3, -0.25) is 0 Å². The minimum Gasteiger partial charge on any atom is -0.492 e. The topological polar surface area (TPSA) is 18.5 Å². The molecule has 2 unspecified atom stereocenters. The van der Waals surface area contributed by atoms with Gasteiger partial charge in [-0.25, -0.2) is 0 Å². The van der Waals surface area contributed by atoms with Crippen LogP contribution in [0.1, 0.15) is 28.7 Å². The Labute approximate surface area is 305 Å². The van der Waals surface area contributed by atoms with Crippen LogP contribution >= 0.6 is 23.5 Å². The van der Waals surface area contributed by atoms with E-state index in [0.29, 0.717) is 5.25 Å². The lowest BCUT2D eigenvalue weighted by Crippen LogP contribution is -2.29. The highest BCUT2D eigenvalue weighted by Crippen LogP contribution is 2.60. The Balaban J connectivity index is 1.21. The lowest BCUT2D eigenvalue weighted by atomic mass is 9.65. The predicted molar refractivity (Wildman–Crippen MR) is 217 cm³/mol. The van der Waals surface area contributed by atoms with Gasteiger partial charge < -0.3 is 9.47 Å². The summed E-state index contributed by atoms with van der Waals surface area (Å²) in [7, 11) is 0. The predicted octanol–water partition coefficient (Wildman–Crippen LogP) is 12.0. The summed E-state index contributed by atoms with van der Waals surface area (Å²) in [4.78, 5) is 0. The van der Waals surface area contributed by atoms with Gasteiger partial charge in [-0.2, -0.15) is 11.8 Å². The molecule has 2 nitrogen and oxygen atoms in total. The number of benzene rings is 8. The van der Waals surface area contributed by atoms with Crippen LogP contribution in [-0.2, 0) is 5.41 Å². The fourth-order valence-corrected chi connectivity index (χ4v) is 9.56. The molecule has 0 amide bonds. The number of rotatable bonds is 7. The molecule has 8 aromatic carbocycles. The first-order valence-corrected chi connectivity index (χ1v) is 20.0. The van der Waals surface area contributed by atoms with Gasteiger partial charge in [0.05, 0.1) is 5.41 Å². The number of fused-ring (bicyclic) bond motifs is 9. The third-order valence-corrected chi connectivity index (χ3v) is 13.3. The van der Waals surface area contributed by atoms with E-state index in [1.165, 1.54) is 88.0 Å². The summed E-state index contributed by atoms with van der Waals surface area (Å²) in [6.45, 7) is 0.778. The monoisotopic (exact) mass is 694 g/mol. The molecule has 0 bridgehead atoms. The second-order valence-corrected chi connectivity index (χ2v) is 16.7. The van der Waals surface area contributed by atoms with E-state index in [2.05, 4.69) is 146 Å². The highest BCUT2D eigenvalue weighted by molar-refractivity contribution is 8.06. The van der Waals surface area contributed by atoms with Crippen LogP contribution in [0.5, 0.6) is 11.5 Å². The Kier molecular flexibility index (Phi) is 6.75. The minimum atomic E-state index is -0.578. The van der Waals surface area contributed by atoms with Crippen molar-refractivity contribution >= 4 is 66.6 Å². The number of ether oxygens (including phenoxy) is 2. The summed E-state index contributed by atoms with van der Waals surface area (Å²) >= 11 is 3.86. The zero-order chi connectivity index (χ0) is 33.5. The van der Waals surface area contributed by atoms with Gasteiger partial charge in [0.1, 0.15) is 23.5 Å². The summed E-state index contributed by atoms with van der Waals surface area (Å²) in [6.07, 6.45) is 1.12. The fraction of sp³-hybridized carbons (Fsp3) is 0.149. The van der Waals surface area contributed by atoms with Gasteiger partial charge in [-0.05, 0) is 113 Å². The molecule has 2 atom stereocenters. The molecule has 51 heavy (non-hydrogen) atoms. The zero-order valence-electron chi connectivity index (χ0n) is 28.0. The Morgan fingerprint density at radius 3 is 1.61 bits per heavy atom. The molecule has 3 aliphatic rings. The van der Waals surface area contributed by atoms with Gasteiger partial charge in [-0.15, -0.1) is 11.8 Å². The molecule has 0 saturated carbocycles. The maximum absolute atomic E-state index is 6.30. The standard InChI is InChI=1S/C47H34O2S2/c1-3-7-40-29(5-1)13-19-42-43-20-14-30-6-2-4-8-41(30)46(43)47(45(40)42,35-15-9-33-25-37(17-11-31(33)23-35)48-27-39-28-51-39)36-16-10-34-26-38(18-12-32(34)24-36)49-44-21-22-50-44/h1-20,23-26,39,44H,21-22,27-28H2. The van der Waals surface area contributed by atoms with Crippen LogP contribution in [0.4, 0.5) is 0 Å². The third-order valence-electron chi connectivity index (χ3n) is 11.2. The number of hydrogen-bond acceptors (Lipinski definition) is 4. The Bertz CT molecular complexity index is 2600. The second-order valence-electron chi connectivity index (χ2n) is 14.1. The van der Waals surface area contributed by atoms with Crippen LogP contribution in [-0.4, -0.2) is 28.8 Å². The van der Waals surface area contributed by atoms with E-state index in [4.69, 9.17) is 9.47 Å². The van der Waals surface area contributed by atoms with Crippen LogP contribution in [0, 0.1) is 0 Å². The molecule has 2 saturated heterocycles. The first-order valence-electron chi connectivity index (χ1n) is 17.9. The smallest absolute Gasteiger partial charge is 0.145 e. The van der Waals surface area contributed by atoms with E-state index >= 15 is 0 Å². The van der Waals surface area contributed by atoms with Crippen LogP contribution in [0.25, 0.3) is 54.2 Å². The average Bonchev–Trinajstić information content (AvgIpc) is 3.95. The van der Waals surface area contributed by atoms with Gasteiger partial charge in [0.2, 0.25) is 0 Å². The first-order chi connectivity index (χ1) is 25.2. The van der Waals surface area contributed by atoms with Gasteiger partial charge in [-0.1, -0.05) is 109 Å². The summed E-state index contributed by atoms with van der Waals surface area (Å²) in [5.41, 5.74) is 7.55. The molecule has 8 aromatic rings. The van der Waals surface area contributed by atoms with Crippen molar-refractivity contribution < 1.29 is 9.47 Å². The number of thioether (sulfide) groups is 2. The molecular weight excluding hydrogens is 661 g/mol. The van der Waals surface area contributed by atoms with Gasteiger partial charge in [0, 0.05) is 23.2 Å². The molecule has 2 heterocycles. The van der Waals surface area contributed by atoms with E-state index in [0.717, 1.165) is 24.5 Å². The van der Waals surface area contributed by atoms with E-state index in [-0.39, 0.29) is 5.44 Å². The maximum Gasteiger partial charge on any atom is 0.145 e. The van der Waals surface area contributed by atoms with Crippen molar-refractivity contribution in [2.45, 2.75) is 22.5 Å². The van der Waals surface area contributed by atoms with Crippen LogP contribution < -0.4 is 9.47 Å². The van der Waals surface area contributed by atoms with Gasteiger partial charge >= 0.3 is 0 Å². The lowest BCUT2D eigenvalue weighted by Gasteiger charge is -2.36. The van der Waals surface area contributed by atoms with Crippen molar-refractivity contribution in [1.82, 2.24) is 0 Å². The largest absolute Gasteiger partial charge is 0.492 e. The molecule has 11 rings (SSSR count). The quantitative estimate of drug-likeness (QED) is 0.155. The molecule has 0 radical (unpaired) electrons. The highest BCUT2D eigenvalue weighted by atomic mass is 32.2. The van der Waals surface area contributed by atoms with Crippen molar-refractivity contribution in [3.05, 3.63) is 168 Å². The van der Waals surface area contributed by atoms with Crippen molar-refractivity contribution in [3.63, 3.8) is 0 Å². The zero-order valence-corrected chi connectivity index (χ0v) is 29.6. The summed E-state index contributed by atoms with van der Waals surface area (Å²) in [5.74, 6) is 4.28. The molecule has 0 N–H and O–H groups in total. The van der Waals surface area contributed by atoms with Crippen molar-refractivity contribution in [1.29, 1.82) is 0 Å². The molecule has 0 aromatic heterocycles. The molecular formula is C47H34O2S2. The Morgan fingerprint density at radius 1 is 0.529 bits per heavy atom. The SMILES string of the molecule is c1ccc2c3c(ccc2c1)-c1ccc2ccccc2c1C3(c1ccc2cc(OCC3CS3)ccc2c1)c1ccc2cc(OC3CCS3)ccc2c1. The Morgan fingerprint density at radius 2 is 1.04 bits per heavy atom. The van der Waals surface area contributed by atoms with E-state index in [9.17, 15) is 0 Å². The first kappa shape index (κ1) is 29.8. The molecule has 0 spiro atoms. The van der Waals surface area contributed by atoms with Crippen molar-refractivity contribution in [3.8, 4) is 22.6 Å². The lowest BCUT2D eigenvalue weighted by molar-refractivity contribution is 0.272. The second kappa shape index (κ2) is 11.6. The maximum atomic E-state index is 6.30. The van der Waals surface area contributed by atoms with Crippen molar-refractivity contribution in [2.24, 2.45) is 0 Å². The van der Waals surface area contributed by atoms with Gasteiger partial charge in [0.25, 0.3) is 0 Å². The van der Waals surface area contributed by atoms with Gasteiger partial charge in [0.15, 0.2) is 0 Å². The fourth-order valence-electron chi connectivity index (χ4n) is 8.56. The summed E-state index contributed by atoms with van der Waals surface area (Å²) in [5, 5.41) is 10.5. The van der Waals surface area contributed by atoms with Crippen LogP contribution in [0.2, 0.25) is 0 Å². The Hall–Kier alpha value is -4.90. The summed E-state index contributed by atoms with van der Waals surface area (Å²) < 4.78 is 12.5. The average molecular weight is 695 g/mol. The normalized spacial score (nSPS) is 18.4. The highest BCUT2D eigenvalue weighted by Gasteiger charge is 2.48. The molecule has 246 valence electrons. The van der Waals surface area contributed by atoms with E-state index in [1.54, 1.807) is 0 Å². The van der Waals surface area contributed by atoms with Crippen LogP contribution in [0.3, 0.4) is 0 Å². The molecule has 1 aliphatic carbocycles.